The lowest BCUT2D eigenvalue weighted by atomic mass is 10.1. The fourth-order valence-corrected chi connectivity index (χ4v) is 2.90. The largest absolute Gasteiger partial charge is 0.478 e. The molecule has 0 spiro atoms. The number of aromatic carboxylic acids is 1. The number of ether oxygens (including phenoxy) is 1. The first-order valence-electron chi connectivity index (χ1n) is 6.70. The summed E-state index contributed by atoms with van der Waals surface area (Å²) in [7, 11) is 0. The van der Waals surface area contributed by atoms with Crippen LogP contribution in [0, 0.1) is 0 Å². The molecule has 0 saturated carbocycles. The molecule has 21 heavy (non-hydrogen) atoms. The highest BCUT2D eigenvalue weighted by molar-refractivity contribution is 7.15. The summed E-state index contributed by atoms with van der Waals surface area (Å²) in [6.45, 7) is 7.15. The number of carboxylic acid groups (broad SMARTS) is 1. The third kappa shape index (κ3) is 3.81. The topological polar surface area (TPSA) is 92.7 Å². The van der Waals surface area contributed by atoms with Crippen molar-refractivity contribution in [3.05, 3.63) is 15.3 Å². The number of thiophene rings is 1. The van der Waals surface area contributed by atoms with E-state index in [1.807, 2.05) is 13.8 Å². The predicted molar refractivity (Wildman–Crippen MR) is 80.2 cm³/mol. The molecule has 1 rings (SSSR count). The number of carbonyl (C=O) groups excluding carboxylic acids is 2. The van der Waals surface area contributed by atoms with Crippen molar-refractivity contribution in [2.45, 2.75) is 40.0 Å². The summed E-state index contributed by atoms with van der Waals surface area (Å²) < 4.78 is 4.94. The van der Waals surface area contributed by atoms with Gasteiger partial charge in [0, 0.05) is 11.3 Å². The Morgan fingerprint density at radius 3 is 2.33 bits per heavy atom. The first-order valence-corrected chi connectivity index (χ1v) is 7.51. The molecule has 0 saturated heterocycles. The van der Waals surface area contributed by atoms with Gasteiger partial charge in [-0.1, -0.05) is 20.8 Å². The zero-order valence-electron chi connectivity index (χ0n) is 12.5. The second-order valence-corrected chi connectivity index (χ2v) is 5.68. The van der Waals surface area contributed by atoms with Crippen molar-refractivity contribution in [1.82, 2.24) is 0 Å². The standard InChI is InChI=1S/C14H19NO5S/c1-5-8(16)15-10-9(13(17)18)11(7(3)4)21-12(10)14(19)20-6-2/h7H,5-6H2,1-4H3,(H,15,16)(H,17,18). The number of esters is 1. The van der Waals surface area contributed by atoms with E-state index in [-0.39, 0.29) is 41.0 Å². The van der Waals surface area contributed by atoms with Crippen molar-refractivity contribution in [2.75, 3.05) is 11.9 Å². The number of hydrogen-bond acceptors (Lipinski definition) is 5. The van der Waals surface area contributed by atoms with E-state index < -0.39 is 11.9 Å². The highest BCUT2D eigenvalue weighted by Gasteiger charge is 2.29. The molecule has 2 N–H and O–H groups in total. The molecule has 0 unspecified atom stereocenters. The van der Waals surface area contributed by atoms with Crippen LogP contribution in [0.1, 0.15) is 64.9 Å². The number of anilines is 1. The van der Waals surface area contributed by atoms with E-state index in [0.29, 0.717) is 4.88 Å². The SMILES string of the molecule is CCOC(=O)c1sc(C(C)C)c(C(=O)O)c1NC(=O)CC. The predicted octanol–water partition coefficient (Wildman–Crippen LogP) is 3.09. The average molecular weight is 313 g/mol. The Bertz CT molecular complexity index is 562. The van der Waals surface area contributed by atoms with Crippen LogP contribution in [-0.4, -0.2) is 29.6 Å². The highest BCUT2D eigenvalue weighted by Crippen LogP contribution is 2.38. The number of carbonyl (C=O) groups is 3. The number of amides is 1. The molecule has 0 aliphatic carbocycles. The maximum Gasteiger partial charge on any atom is 0.350 e. The lowest BCUT2D eigenvalue weighted by molar-refractivity contribution is -0.115. The van der Waals surface area contributed by atoms with Gasteiger partial charge in [0.2, 0.25) is 5.91 Å². The number of carboxylic acids is 1. The molecule has 1 heterocycles. The van der Waals surface area contributed by atoms with Gasteiger partial charge in [-0.2, -0.15) is 0 Å². The summed E-state index contributed by atoms with van der Waals surface area (Å²) in [6, 6.07) is 0. The molecule has 1 aromatic heterocycles. The maximum atomic E-state index is 12.0. The minimum absolute atomic E-state index is 0.0279. The number of hydrogen-bond donors (Lipinski definition) is 2. The van der Waals surface area contributed by atoms with Crippen LogP contribution in [0.25, 0.3) is 0 Å². The molecule has 6 nitrogen and oxygen atoms in total. The zero-order chi connectivity index (χ0) is 16.2. The Kier molecular flexibility index (Phi) is 5.90. The molecule has 1 aromatic rings. The molecule has 7 heteroatoms. The Morgan fingerprint density at radius 2 is 1.90 bits per heavy atom. The summed E-state index contributed by atoms with van der Waals surface area (Å²) in [5.74, 6) is -2.22. The highest BCUT2D eigenvalue weighted by atomic mass is 32.1. The number of rotatable bonds is 6. The van der Waals surface area contributed by atoms with Crippen LogP contribution in [0.15, 0.2) is 0 Å². The summed E-state index contributed by atoms with van der Waals surface area (Å²) in [5.41, 5.74) is 0.0151. The molecule has 0 atom stereocenters. The van der Waals surface area contributed by atoms with Gasteiger partial charge in [0.1, 0.15) is 4.88 Å². The van der Waals surface area contributed by atoms with Gasteiger partial charge in [0.15, 0.2) is 0 Å². The minimum Gasteiger partial charge on any atom is -0.478 e. The van der Waals surface area contributed by atoms with E-state index >= 15 is 0 Å². The van der Waals surface area contributed by atoms with Crippen molar-refractivity contribution in [1.29, 1.82) is 0 Å². The second-order valence-electron chi connectivity index (χ2n) is 4.63. The zero-order valence-corrected chi connectivity index (χ0v) is 13.3. The molecule has 0 radical (unpaired) electrons. The Hall–Kier alpha value is -1.89. The lowest BCUT2D eigenvalue weighted by Gasteiger charge is -2.08. The summed E-state index contributed by atoms with van der Waals surface area (Å²) in [6.07, 6.45) is 0.189. The van der Waals surface area contributed by atoms with E-state index in [1.165, 1.54) is 0 Å². The third-order valence-corrected chi connectivity index (χ3v) is 4.19. The quantitative estimate of drug-likeness (QED) is 0.787. The third-order valence-electron chi connectivity index (χ3n) is 2.72. The first kappa shape index (κ1) is 17.2. The summed E-state index contributed by atoms with van der Waals surface area (Å²) >= 11 is 1.05. The monoisotopic (exact) mass is 313 g/mol. The summed E-state index contributed by atoms with van der Waals surface area (Å²) in [4.78, 5) is 35.8. The molecule has 0 aromatic carbocycles. The second kappa shape index (κ2) is 7.21. The fraction of sp³-hybridized carbons (Fsp3) is 0.500. The van der Waals surface area contributed by atoms with Crippen LogP contribution in [0.5, 0.6) is 0 Å². The van der Waals surface area contributed by atoms with Crippen molar-refractivity contribution in [3.63, 3.8) is 0 Å². The summed E-state index contributed by atoms with van der Waals surface area (Å²) in [5, 5.41) is 11.9. The van der Waals surface area contributed by atoms with Crippen LogP contribution in [-0.2, 0) is 9.53 Å². The van der Waals surface area contributed by atoms with Gasteiger partial charge in [-0.15, -0.1) is 11.3 Å². The fourth-order valence-electron chi connectivity index (χ4n) is 1.76. The lowest BCUT2D eigenvalue weighted by Crippen LogP contribution is -2.16. The molecule has 1 amide bonds. The van der Waals surface area contributed by atoms with Crippen molar-refractivity contribution in [2.24, 2.45) is 0 Å². The minimum atomic E-state index is -1.17. The van der Waals surface area contributed by atoms with E-state index in [2.05, 4.69) is 5.32 Å². The van der Waals surface area contributed by atoms with Gasteiger partial charge in [0.25, 0.3) is 0 Å². The van der Waals surface area contributed by atoms with E-state index in [4.69, 9.17) is 4.74 Å². The van der Waals surface area contributed by atoms with Gasteiger partial charge in [-0.25, -0.2) is 9.59 Å². The van der Waals surface area contributed by atoms with E-state index in [9.17, 15) is 19.5 Å². The molecule has 0 fully saturated rings. The Labute approximate surface area is 127 Å². The van der Waals surface area contributed by atoms with Crippen LogP contribution in [0.4, 0.5) is 5.69 Å². The Balaban J connectivity index is 3.47. The van der Waals surface area contributed by atoms with Gasteiger partial charge >= 0.3 is 11.9 Å². The number of nitrogens with one attached hydrogen (secondary N) is 1. The maximum absolute atomic E-state index is 12.0. The normalized spacial score (nSPS) is 10.5. The smallest absolute Gasteiger partial charge is 0.350 e. The first-order chi connectivity index (χ1) is 9.83. The van der Waals surface area contributed by atoms with Crippen LogP contribution in [0.2, 0.25) is 0 Å². The molecule has 116 valence electrons. The van der Waals surface area contributed by atoms with Gasteiger partial charge in [-0.05, 0) is 12.8 Å². The van der Waals surface area contributed by atoms with Crippen molar-refractivity contribution < 1.29 is 24.2 Å². The average Bonchev–Trinajstić information content (AvgIpc) is 2.78. The van der Waals surface area contributed by atoms with Gasteiger partial charge < -0.3 is 15.2 Å². The van der Waals surface area contributed by atoms with Crippen molar-refractivity contribution >= 4 is 34.9 Å². The molecular weight excluding hydrogens is 294 g/mol. The van der Waals surface area contributed by atoms with E-state index in [0.717, 1.165) is 11.3 Å². The van der Waals surface area contributed by atoms with Crippen LogP contribution < -0.4 is 5.32 Å². The molecule has 0 aliphatic rings. The van der Waals surface area contributed by atoms with Crippen LogP contribution >= 0.6 is 11.3 Å². The van der Waals surface area contributed by atoms with Gasteiger partial charge in [0.05, 0.1) is 17.9 Å². The van der Waals surface area contributed by atoms with Gasteiger partial charge in [-0.3, -0.25) is 4.79 Å². The molecule has 0 aliphatic heterocycles. The van der Waals surface area contributed by atoms with Crippen molar-refractivity contribution in [3.8, 4) is 0 Å². The Morgan fingerprint density at radius 1 is 1.29 bits per heavy atom. The molecular formula is C14H19NO5S. The molecule has 0 bridgehead atoms. The van der Waals surface area contributed by atoms with E-state index in [1.54, 1.807) is 13.8 Å². The van der Waals surface area contributed by atoms with Crippen LogP contribution in [0.3, 0.4) is 0 Å².